The van der Waals surface area contributed by atoms with Gasteiger partial charge in [-0.2, -0.15) is 0 Å². The van der Waals surface area contributed by atoms with E-state index in [2.05, 4.69) is 90.2 Å². The molecule has 0 unspecified atom stereocenters. The van der Waals surface area contributed by atoms with E-state index >= 15 is 0 Å². The monoisotopic (exact) mass is 475 g/mol. The molecule has 0 aliphatic carbocycles. The number of halogens is 1. The van der Waals surface area contributed by atoms with Crippen molar-refractivity contribution in [3.05, 3.63) is 108 Å². The van der Waals surface area contributed by atoms with E-state index in [0.717, 1.165) is 44.4 Å². The Balaban J connectivity index is 1.26. The maximum absolute atomic E-state index is 6.70. The first-order chi connectivity index (χ1) is 16.7. The second-order valence-electron chi connectivity index (χ2n) is 8.44. The highest BCUT2D eigenvalue weighted by atomic mass is 35.5. The quantitative estimate of drug-likeness (QED) is 0.275. The minimum atomic E-state index is 0.713. The molecule has 7 aromatic rings. The first kappa shape index (κ1) is 19.7. The molecule has 34 heavy (non-hydrogen) atoms. The van der Waals surface area contributed by atoms with Gasteiger partial charge in [-0.3, -0.25) is 0 Å². The summed E-state index contributed by atoms with van der Waals surface area (Å²) in [6.45, 7) is 0. The molecule has 2 aromatic heterocycles. The van der Waals surface area contributed by atoms with Gasteiger partial charge in [-0.05, 0) is 59.7 Å². The number of anilines is 2. The van der Waals surface area contributed by atoms with Crippen LogP contribution in [0.25, 0.3) is 53.2 Å². The molecular weight excluding hydrogens is 458 g/mol. The lowest BCUT2D eigenvalue weighted by Gasteiger charge is -2.11. The summed E-state index contributed by atoms with van der Waals surface area (Å²) in [5, 5.41) is 8.97. The van der Waals surface area contributed by atoms with Gasteiger partial charge in [0.2, 0.25) is 0 Å². The first-order valence-corrected chi connectivity index (χ1v) is 12.3. The summed E-state index contributed by atoms with van der Waals surface area (Å²) < 4.78 is 8.58. The van der Waals surface area contributed by atoms with Crippen molar-refractivity contribution in [2.45, 2.75) is 0 Å². The van der Waals surface area contributed by atoms with Gasteiger partial charge < -0.3 is 9.73 Å². The van der Waals surface area contributed by atoms with Gasteiger partial charge >= 0.3 is 0 Å². The maximum atomic E-state index is 6.70. The van der Waals surface area contributed by atoms with Crippen molar-refractivity contribution in [2.75, 3.05) is 5.32 Å². The average Bonchev–Trinajstić information content (AvgIpc) is 3.42. The summed E-state index contributed by atoms with van der Waals surface area (Å²) >= 11 is 8.49. The number of thiophene rings is 1. The molecule has 2 nitrogen and oxygen atoms in total. The molecule has 0 atom stereocenters. The Hall–Kier alpha value is -3.79. The fourth-order valence-electron chi connectivity index (χ4n) is 4.68. The first-order valence-electron chi connectivity index (χ1n) is 11.1. The Morgan fingerprint density at radius 3 is 2.32 bits per heavy atom. The van der Waals surface area contributed by atoms with Crippen molar-refractivity contribution in [3.8, 4) is 11.1 Å². The van der Waals surface area contributed by atoms with Crippen molar-refractivity contribution in [1.82, 2.24) is 0 Å². The number of rotatable bonds is 3. The van der Waals surface area contributed by atoms with E-state index in [0.29, 0.717) is 5.02 Å². The Morgan fingerprint density at radius 1 is 0.588 bits per heavy atom. The molecule has 7 rings (SSSR count). The standard InChI is InChI=1S/C30H18ClNOS/c31-25-16-24-23-9-2-4-11-29(23)34-30(24)17-26(25)32-20-7-5-6-18(14-20)19-12-13-22-21-8-1-3-10-27(21)33-28(22)15-19/h1-17,32H. The lowest BCUT2D eigenvalue weighted by molar-refractivity contribution is 0.669. The SMILES string of the molecule is Clc1cc2c(cc1Nc1cccc(-c3ccc4c(c3)oc3ccccc34)c1)sc1ccccc12. The van der Waals surface area contributed by atoms with E-state index in [1.807, 2.05) is 18.2 Å². The summed E-state index contributed by atoms with van der Waals surface area (Å²) in [4.78, 5) is 0. The maximum Gasteiger partial charge on any atom is 0.136 e. The molecule has 0 aliphatic heterocycles. The number of hydrogen-bond donors (Lipinski definition) is 1. The van der Waals surface area contributed by atoms with Crippen LogP contribution in [0.5, 0.6) is 0 Å². The van der Waals surface area contributed by atoms with Gasteiger partial charge in [-0.25, -0.2) is 0 Å². The molecule has 0 saturated heterocycles. The predicted molar refractivity (Wildman–Crippen MR) is 147 cm³/mol. The van der Waals surface area contributed by atoms with Gasteiger partial charge in [0.25, 0.3) is 0 Å². The Morgan fingerprint density at radius 2 is 1.38 bits per heavy atom. The molecule has 0 spiro atoms. The van der Waals surface area contributed by atoms with E-state index in [1.165, 1.54) is 20.2 Å². The highest BCUT2D eigenvalue weighted by Gasteiger charge is 2.11. The minimum Gasteiger partial charge on any atom is -0.456 e. The van der Waals surface area contributed by atoms with E-state index in [1.54, 1.807) is 11.3 Å². The van der Waals surface area contributed by atoms with Crippen LogP contribution in [0.2, 0.25) is 5.02 Å². The van der Waals surface area contributed by atoms with Gasteiger partial charge in [0.1, 0.15) is 11.2 Å². The van der Waals surface area contributed by atoms with Gasteiger partial charge in [0.05, 0.1) is 10.7 Å². The number of nitrogens with one attached hydrogen (secondary N) is 1. The Bertz CT molecular complexity index is 1860. The molecule has 0 saturated carbocycles. The molecule has 0 radical (unpaired) electrons. The Kier molecular flexibility index (Phi) is 4.41. The zero-order chi connectivity index (χ0) is 22.6. The second-order valence-corrected chi connectivity index (χ2v) is 9.93. The van der Waals surface area contributed by atoms with Crippen LogP contribution in [-0.2, 0) is 0 Å². The van der Waals surface area contributed by atoms with Crippen molar-refractivity contribution < 1.29 is 4.42 Å². The minimum absolute atomic E-state index is 0.713. The van der Waals surface area contributed by atoms with Crippen LogP contribution >= 0.6 is 22.9 Å². The van der Waals surface area contributed by atoms with Crippen molar-refractivity contribution in [1.29, 1.82) is 0 Å². The molecule has 0 amide bonds. The van der Waals surface area contributed by atoms with E-state index in [9.17, 15) is 0 Å². The van der Waals surface area contributed by atoms with Gasteiger partial charge in [-0.1, -0.05) is 66.2 Å². The largest absolute Gasteiger partial charge is 0.456 e. The fraction of sp³-hybridized carbons (Fsp3) is 0. The number of fused-ring (bicyclic) bond motifs is 6. The van der Waals surface area contributed by atoms with Crippen LogP contribution < -0.4 is 5.32 Å². The zero-order valence-corrected chi connectivity index (χ0v) is 19.6. The third kappa shape index (κ3) is 3.17. The summed E-state index contributed by atoms with van der Waals surface area (Å²) in [6, 6.07) is 35.6. The van der Waals surface area contributed by atoms with Crippen molar-refractivity contribution in [3.63, 3.8) is 0 Å². The van der Waals surface area contributed by atoms with Crippen LogP contribution in [0.1, 0.15) is 0 Å². The van der Waals surface area contributed by atoms with E-state index < -0.39 is 0 Å². The normalized spacial score (nSPS) is 11.7. The van der Waals surface area contributed by atoms with Crippen LogP contribution in [0.4, 0.5) is 11.4 Å². The molecule has 162 valence electrons. The topological polar surface area (TPSA) is 25.2 Å². The van der Waals surface area contributed by atoms with Crippen molar-refractivity contribution in [2.24, 2.45) is 0 Å². The third-order valence-electron chi connectivity index (χ3n) is 6.32. The Labute approximate surface area is 205 Å². The summed E-state index contributed by atoms with van der Waals surface area (Å²) in [5.74, 6) is 0. The molecule has 0 bridgehead atoms. The number of hydrogen-bond acceptors (Lipinski definition) is 3. The highest BCUT2D eigenvalue weighted by molar-refractivity contribution is 7.25. The van der Waals surface area contributed by atoms with E-state index in [4.69, 9.17) is 16.0 Å². The smallest absolute Gasteiger partial charge is 0.136 e. The van der Waals surface area contributed by atoms with E-state index in [-0.39, 0.29) is 0 Å². The van der Waals surface area contributed by atoms with Crippen LogP contribution in [0.15, 0.2) is 108 Å². The predicted octanol–water partition coefficient (Wildman–Crippen LogP) is 10.0. The number of benzene rings is 5. The zero-order valence-electron chi connectivity index (χ0n) is 18.0. The molecule has 2 heterocycles. The van der Waals surface area contributed by atoms with Crippen LogP contribution in [0, 0.1) is 0 Å². The molecule has 0 aliphatic rings. The summed E-state index contributed by atoms with van der Waals surface area (Å²) in [6.07, 6.45) is 0. The number of furan rings is 1. The van der Waals surface area contributed by atoms with Crippen LogP contribution in [0.3, 0.4) is 0 Å². The third-order valence-corrected chi connectivity index (χ3v) is 7.77. The summed E-state index contributed by atoms with van der Waals surface area (Å²) in [5.41, 5.74) is 5.94. The molecular formula is C30H18ClNOS. The lowest BCUT2D eigenvalue weighted by atomic mass is 10.0. The summed E-state index contributed by atoms with van der Waals surface area (Å²) in [7, 11) is 0. The molecule has 1 N–H and O–H groups in total. The molecule has 4 heteroatoms. The van der Waals surface area contributed by atoms with Crippen molar-refractivity contribution >= 4 is 76.4 Å². The number of para-hydroxylation sites is 1. The lowest BCUT2D eigenvalue weighted by Crippen LogP contribution is -1.91. The second kappa shape index (κ2) is 7.63. The fourth-order valence-corrected chi connectivity index (χ4v) is 6.02. The van der Waals surface area contributed by atoms with Gasteiger partial charge in [-0.15, -0.1) is 11.3 Å². The average molecular weight is 476 g/mol. The molecule has 0 fully saturated rings. The highest BCUT2D eigenvalue weighted by Crippen LogP contribution is 2.40. The molecule has 5 aromatic carbocycles. The van der Waals surface area contributed by atoms with Crippen LogP contribution in [-0.4, -0.2) is 0 Å². The van der Waals surface area contributed by atoms with Gasteiger partial charge in [0, 0.05) is 36.6 Å². The van der Waals surface area contributed by atoms with Gasteiger partial charge in [0.15, 0.2) is 0 Å².